The fourth-order valence-corrected chi connectivity index (χ4v) is 5.85. The molecule has 0 aromatic heterocycles. The van der Waals surface area contributed by atoms with Crippen LogP contribution in [-0.4, -0.2) is 5.78 Å². The highest BCUT2D eigenvalue weighted by molar-refractivity contribution is 5.88. The van der Waals surface area contributed by atoms with Gasteiger partial charge in [-0.15, -0.1) is 0 Å². The highest BCUT2D eigenvalue weighted by Gasteiger charge is 2.31. The number of carbonyl (C=O) groups is 1. The standard InChI is InChI=1S/C26H30O/c27-26-13-7-6-12-23(26)22-15-14-21-20-11-5-4-10-19(20)17-25(21)24(22)16-18-8-2-1-3-9-18/h4-5,10-11,14-15,18,23H,1-3,6-9,12-13,16-17H2. The van der Waals surface area contributed by atoms with Crippen LogP contribution < -0.4 is 0 Å². The zero-order chi connectivity index (χ0) is 18.2. The van der Waals surface area contributed by atoms with Crippen molar-refractivity contribution in [2.24, 2.45) is 5.92 Å². The van der Waals surface area contributed by atoms with Crippen molar-refractivity contribution in [1.29, 1.82) is 0 Å². The molecule has 0 bridgehead atoms. The third kappa shape index (κ3) is 3.16. The molecular formula is C26H30O. The summed E-state index contributed by atoms with van der Waals surface area (Å²) >= 11 is 0. The Morgan fingerprint density at radius 3 is 2.48 bits per heavy atom. The zero-order valence-corrected chi connectivity index (χ0v) is 16.3. The topological polar surface area (TPSA) is 17.1 Å². The molecule has 2 aromatic rings. The van der Waals surface area contributed by atoms with Crippen LogP contribution in [0.3, 0.4) is 0 Å². The maximum Gasteiger partial charge on any atom is 0.140 e. The first-order valence-electron chi connectivity index (χ1n) is 11.1. The number of benzene rings is 2. The van der Waals surface area contributed by atoms with E-state index in [1.807, 2.05) is 0 Å². The first-order chi connectivity index (χ1) is 13.3. The smallest absolute Gasteiger partial charge is 0.140 e. The van der Waals surface area contributed by atoms with Gasteiger partial charge in [0.05, 0.1) is 0 Å². The van der Waals surface area contributed by atoms with Crippen LogP contribution in [0.1, 0.15) is 86.0 Å². The molecule has 1 atom stereocenters. The Morgan fingerprint density at radius 1 is 0.815 bits per heavy atom. The Morgan fingerprint density at radius 2 is 1.63 bits per heavy atom. The highest BCUT2D eigenvalue weighted by Crippen LogP contribution is 2.44. The van der Waals surface area contributed by atoms with Crippen molar-refractivity contribution < 1.29 is 4.79 Å². The second-order valence-electron chi connectivity index (χ2n) is 8.97. The Hall–Kier alpha value is -1.89. The average molecular weight is 359 g/mol. The van der Waals surface area contributed by atoms with Gasteiger partial charge in [-0.05, 0) is 65.0 Å². The quantitative estimate of drug-likeness (QED) is 0.515. The first kappa shape index (κ1) is 17.2. The molecule has 1 unspecified atom stereocenters. The Kier molecular flexibility index (Phi) is 4.63. The average Bonchev–Trinajstić information content (AvgIpc) is 3.09. The molecule has 0 radical (unpaired) electrons. The van der Waals surface area contributed by atoms with Gasteiger partial charge in [0.2, 0.25) is 0 Å². The van der Waals surface area contributed by atoms with E-state index in [0.29, 0.717) is 5.78 Å². The molecule has 0 N–H and O–H groups in total. The zero-order valence-electron chi connectivity index (χ0n) is 16.3. The predicted octanol–water partition coefficient (Wildman–Crippen LogP) is 6.61. The summed E-state index contributed by atoms with van der Waals surface area (Å²) in [6.45, 7) is 0. The third-order valence-corrected chi connectivity index (χ3v) is 7.29. The fourth-order valence-electron chi connectivity index (χ4n) is 5.85. The van der Waals surface area contributed by atoms with Gasteiger partial charge in [0.15, 0.2) is 0 Å². The van der Waals surface area contributed by atoms with E-state index in [4.69, 9.17) is 0 Å². The third-order valence-electron chi connectivity index (χ3n) is 7.29. The summed E-state index contributed by atoms with van der Waals surface area (Å²) in [6, 6.07) is 13.5. The number of Topliss-reactive ketones (excluding diaryl/α,β-unsaturated/α-hetero) is 1. The number of rotatable bonds is 3. The molecule has 140 valence electrons. The number of hydrogen-bond donors (Lipinski definition) is 0. The minimum absolute atomic E-state index is 0.159. The maximum absolute atomic E-state index is 12.8. The van der Waals surface area contributed by atoms with E-state index >= 15 is 0 Å². The molecule has 2 aromatic carbocycles. The molecule has 1 heteroatoms. The van der Waals surface area contributed by atoms with E-state index in [0.717, 1.165) is 31.6 Å². The van der Waals surface area contributed by atoms with E-state index in [1.165, 1.54) is 72.8 Å². The van der Waals surface area contributed by atoms with Crippen LogP contribution in [0.5, 0.6) is 0 Å². The normalized spacial score (nSPS) is 22.5. The summed E-state index contributed by atoms with van der Waals surface area (Å²) in [5, 5.41) is 0. The van der Waals surface area contributed by atoms with Gasteiger partial charge in [0.1, 0.15) is 5.78 Å². The molecule has 0 spiro atoms. The molecule has 2 fully saturated rings. The van der Waals surface area contributed by atoms with Crippen molar-refractivity contribution in [2.45, 2.75) is 76.5 Å². The highest BCUT2D eigenvalue weighted by atomic mass is 16.1. The summed E-state index contributed by atoms with van der Waals surface area (Å²) in [4.78, 5) is 12.8. The summed E-state index contributed by atoms with van der Waals surface area (Å²) in [6.07, 6.45) is 13.3. The molecule has 0 saturated heterocycles. The molecule has 5 rings (SSSR count). The van der Waals surface area contributed by atoms with Crippen molar-refractivity contribution in [3.63, 3.8) is 0 Å². The monoisotopic (exact) mass is 358 g/mol. The van der Waals surface area contributed by atoms with Gasteiger partial charge in [0, 0.05) is 12.3 Å². The lowest BCUT2D eigenvalue weighted by Crippen LogP contribution is -2.20. The fraction of sp³-hybridized carbons (Fsp3) is 0.500. The van der Waals surface area contributed by atoms with Crippen molar-refractivity contribution in [1.82, 2.24) is 0 Å². The van der Waals surface area contributed by atoms with E-state index in [-0.39, 0.29) is 5.92 Å². The van der Waals surface area contributed by atoms with Crippen molar-refractivity contribution in [2.75, 3.05) is 0 Å². The number of fused-ring (bicyclic) bond motifs is 3. The van der Waals surface area contributed by atoms with Crippen molar-refractivity contribution in [3.05, 3.63) is 58.7 Å². The predicted molar refractivity (Wildman–Crippen MR) is 111 cm³/mol. The Bertz CT molecular complexity index is 857. The molecule has 0 amide bonds. The summed E-state index contributed by atoms with van der Waals surface area (Å²) in [7, 11) is 0. The van der Waals surface area contributed by atoms with Gasteiger partial charge in [-0.3, -0.25) is 4.79 Å². The van der Waals surface area contributed by atoms with Crippen LogP contribution in [0, 0.1) is 5.92 Å². The van der Waals surface area contributed by atoms with Gasteiger partial charge in [-0.2, -0.15) is 0 Å². The van der Waals surface area contributed by atoms with E-state index in [2.05, 4.69) is 36.4 Å². The largest absolute Gasteiger partial charge is 0.299 e. The van der Waals surface area contributed by atoms with Crippen LogP contribution in [0.15, 0.2) is 36.4 Å². The van der Waals surface area contributed by atoms with Gasteiger partial charge in [-0.1, -0.05) is 74.9 Å². The summed E-state index contributed by atoms with van der Waals surface area (Å²) < 4.78 is 0. The van der Waals surface area contributed by atoms with E-state index < -0.39 is 0 Å². The lowest BCUT2D eigenvalue weighted by molar-refractivity contribution is -0.121. The van der Waals surface area contributed by atoms with Crippen LogP contribution in [0.4, 0.5) is 0 Å². The number of carbonyl (C=O) groups excluding carboxylic acids is 1. The second kappa shape index (κ2) is 7.26. The minimum Gasteiger partial charge on any atom is -0.299 e. The Balaban J connectivity index is 1.58. The van der Waals surface area contributed by atoms with Crippen molar-refractivity contribution >= 4 is 5.78 Å². The SMILES string of the molecule is O=C1CCCCC1c1ccc2c(c1CC1CCCCC1)Cc1ccccc1-2. The molecule has 27 heavy (non-hydrogen) atoms. The Labute approximate surface area is 163 Å². The van der Waals surface area contributed by atoms with E-state index in [1.54, 1.807) is 5.56 Å². The lowest BCUT2D eigenvalue weighted by Gasteiger charge is -2.28. The molecule has 3 aliphatic carbocycles. The lowest BCUT2D eigenvalue weighted by atomic mass is 9.76. The second-order valence-corrected chi connectivity index (χ2v) is 8.97. The molecular weight excluding hydrogens is 328 g/mol. The van der Waals surface area contributed by atoms with Crippen LogP contribution in [0.2, 0.25) is 0 Å². The van der Waals surface area contributed by atoms with Crippen molar-refractivity contribution in [3.8, 4) is 11.1 Å². The molecule has 3 aliphatic rings. The van der Waals surface area contributed by atoms with Gasteiger partial charge in [-0.25, -0.2) is 0 Å². The minimum atomic E-state index is 0.159. The van der Waals surface area contributed by atoms with Crippen LogP contribution >= 0.6 is 0 Å². The van der Waals surface area contributed by atoms with E-state index in [9.17, 15) is 4.79 Å². The molecule has 0 aliphatic heterocycles. The van der Waals surface area contributed by atoms with Gasteiger partial charge >= 0.3 is 0 Å². The summed E-state index contributed by atoms with van der Waals surface area (Å²) in [5.74, 6) is 1.46. The van der Waals surface area contributed by atoms with Crippen LogP contribution in [0.25, 0.3) is 11.1 Å². The molecule has 0 heterocycles. The van der Waals surface area contributed by atoms with Gasteiger partial charge < -0.3 is 0 Å². The summed E-state index contributed by atoms with van der Waals surface area (Å²) in [5.41, 5.74) is 8.79. The number of ketones is 1. The molecule has 2 saturated carbocycles. The molecule has 1 nitrogen and oxygen atoms in total. The maximum atomic E-state index is 12.8. The first-order valence-corrected chi connectivity index (χ1v) is 11.1. The van der Waals surface area contributed by atoms with Crippen LogP contribution in [-0.2, 0) is 17.6 Å². The number of hydrogen-bond acceptors (Lipinski definition) is 1. The van der Waals surface area contributed by atoms with Gasteiger partial charge in [0.25, 0.3) is 0 Å².